The normalized spacial score (nSPS) is 10.4. The van der Waals surface area contributed by atoms with E-state index in [2.05, 4.69) is 15.5 Å². The zero-order valence-corrected chi connectivity index (χ0v) is 15.7. The van der Waals surface area contributed by atoms with Gasteiger partial charge in [0.25, 0.3) is 5.91 Å². The highest BCUT2D eigenvalue weighted by atomic mass is 16.5. The number of anilines is 1. The summed E-state index contributed by atoms with van der Waals surface area (Å²) in [5, 5.41) is 6.69. The van der Waals surface area contributed by atoms with Gasteiger partial charge in [0.15, 0.2) is 0 Å². The first kappa shape index (κ1) is 19.0. The minimum atomic E-state index is -0.428. The number of hydrogen-bond acceptors (Lipinski definition) is 8. The van der Waals surface area contributed by atoms with E-state index >= 15 is 0 Å². The number of ether oxygens (including phenoxy) is 3. The number of nitrogens with one attached hydrogen (secondary N) is 1. The largest absolute Gasteiger partial charge is 0.497 e. The highest BCUT2D eigenvalue weighted by molar-refractivity contribution is 6.03. The fourth-order valence-electron chi connectivity index (χ4n) is 2.62. The van der Waals surface area contributed by atoms with E-state index in [0.29, 0.717) is 28.6 Å². The minimum Gasteiger partial charge on any atom is -0.497 e. The van der Waals surface area contributed by atoms with Gasteiger partial charge in [-0.05, 0) is 18.2 Å². The summed E-state index contributed by atoms with van der Waals surface area (Å²) in [5.74, 6) is 1.19. The van der Waals surface area contributed by atoms with E-state index in [-0.39, 0.29) is 18.0 Å². The molecule has 3 N–H and O–H groups in total. The van der Waals surface area contributed by atoms with Crippen molar-refractivity contribution in [2.45, 2.75) is 6.54 Å². The van der Waals surface area contributed by atoms with Gasteiger partial charge in [-0.15, -0.1) is 0 Å². The second kappa shape index (κ2) is 8.30. The number of carbonyl (C=O) groups excluding carboxylic acids is 1. The van der Waals surface area contributed by atoms with Crippen LogP contribution >= 0.6 is 0 Å². The molecule has 0 aliphatic heterocycles. The van der Waals surface area contributed by atoms with Crippen LogP contribution in [-0.4, -0.2) is 37.4 Å². The van der Waals surface area contributed by atoms with Crippen LogP contribution in [0.3, 0.4) is 0 Å². The molecule has 3 aromatic rings. The Morgan fingerprint density at radius 1 is 1.14 bits per heavy atom. The van der Waals surface area contributed by atoms with Crippen LogP contribution in [0.5, 0.6) is 17.4 Å². The molecule has 0 spiro atoms. The molecule has 28 heavy (non-hydrogen) atoms. The molecule has 0 atom stereocenters. The molecule has 0 bridgehead atoms. The van der Waals surface area contributed by atoms with Crippen molar-refractivity contribution < 1.29 is 23.5 Å². The highest BCUT2D eigenvalue weighted by Gasteiger charge is 2.23. The van der Waals surface area contributed by atoms with Gasteiger partial charge in [-0.3, -0.25) is 4.79 Å². The summed E-state index contributed by atoms with van der Waals surface area (Å²) in [6.45, 7) is 0.219. The van der Waals surface area contributed by atoms with Crippen molar-refractivity contribution in [1.29, 1.82) is 0 Å². The van der Waals surface area contributed by atoms with Crippen molar-refractivity contribution in [3.05, 3.63) is 47.7 Å². The smallest absolute Gasteiger partial charge is 0.259 e. The Kier molecular flexibility index (Phi) is 5.64. The Bertz CT molecular complexity index is 969. The van der Waals surface area contributed by atoms with Gasteiger partial charge in [0.1, 0.15) is 22.8 Å². The van der Waals surface area contributed by atoms with Gasteiger partial charge < -0.3 is 29.8 Å². The minimum absolute atomic E-state index is 0.0787. The van der Waals surface area contributed by atoms with Crippen molar-refractivity contribution in [2.24, 2.45) is 0 Å². The SMILES string of the molecule is COc1ccc(CNC(=O)c2c(-c3ccc(OC)nc3)noc2N)c(OC)c1. The molecule has 2 heterocycles. The van der Waals surface area contributed by atoms with Crippen LogP contribution in [0.1, 0.15) is 15.9 Å². The average molecular weight is 384 g/mol. The lowest BCUT2D eigenvalue weighted by Gasteiger charge is -2.11. The van der Waals surface area contributed by atoms with Gasteiger partial charge in [-0.25, -0.2) is 4.98 Å². The molecule has 0 aliphatic rings. The predicted octanol–water partition coefficient (Wildman–Crippen LogP) is 2.27. The maximum absolute atomic E-state index is 12.7. The molecule has 0 saturated carbocycles. The monoisotopic (exact) mass is 384 g/mol. The van der Waals surface area contributed by atoms with Crippen LogP contribution < -0.4 is 25.3 Å². The first-order valence-corrected chi connectivity index (χ1v) is 8.32. The fourth-order valence-corrected chi connectivity index (χ4v) is 2.62. The lowest BCUT2D eigenvalue weighted by atomic mass is 10.1. The molecule has 0 radical (unpaired) electrons. The van der Waals surface area contributed by atoms with E-state index in [4.69, 9.17) is 24.5 Å². The van der Waals surface area contributed by atoms with Crippen LogP contribution in [0.25, 0.3) is 11.3 Å². The Balaban J connectivity index is 1.81. The summed E-state index contributed by atoms with van der Waals surface area (Å²) in [4.78, 5) is 16.8. The van der Waals surface area contributed by atoms with E-state index in [1.54, 1.807) is 38.5 Å². The molecule has 9 nitrogen and oxygen atoms in total. The summed E-state index contributed by atoms with van der Waals surface area (Å²) in [5.41, 5.74) is 7.61. The van der Waals surface area contributed by atoms with E-state index in [1.807, 2.05) is 6.07 Å². The number of carbonyl (C=O) groups is 1. The zero-order chi connectivity index (χ0) is 20.1. The Labute approximate surface area is 161 Å². The average Bonchev–Trinajstić information content (AvgIpc) is 3.13. The summed E-state index contributed by atoms with van der Waals surface area (Å²) < 4.78 is 20.6. The van der Waals surface area contributed by atoms with E-state index in [9.17, 15) is 4.79 Å². The molecule has 2 aromatic heterocycles. The summed E-state index contributed by atoms with van der Waals surface area (Å²) in [6.07, 6.45) is 1.53. The van der Waals surface area contributed by atoms with E-state index in [1.165, 1.54) is 13.3 Å². The van der Waals surface area contributed by atoms with Crippen LogP contribution in [0, 0.1) is 0 Å². The number of nitrogens with two attached hydrogens (primary N) is 1. The van der Waals surface area contributed by atoms with Crippen molar-refractivity contribution in [3.63, 3.8) is 0 Å². The topological polar surface area (TPSA) is 122 Å². The number of amides is 1. The maximum atomic E-state index is 12.7. The van der Waals surface area contributed by atoms with Crippen molar-refractivity contribution in [1.82, 2.24) is 15.5 Å². The van der Waals surface area contributed by atoms with Crippen molar-refractivity contribution in [3.8, 4) is 28.6 Å². The van der Waals surface area contributed by atoms with Crippen LogP contribution in [0.4, 0.5) is 5.88 Å². The predicted molar refractivity (Wildman–Crippen MR) is 101 cm³/mol. The standard InChI is InChI=1S/C19H20N4O5/c1-25-13-6-4-11(14(8-13)26-2)9-22-19(24)16-17(23-28-18(16)20)12-5-7-15(27-3)21-10-12/h4-8,10H,9,20H2,1-3H3,(H,22,24). The van der Waals surface area contributed by atoms with Gasteiger partial charge in [-0.2, -0.15) is 0 Å². The Hall–Kier alpha value is -3.75. The first-order valence-electron chi connectivity index (χ1n) is 8.32. The third-order valence-electron chi connectivity index (χ3n) is 4.10. The van der Waals surface area contributed by atoms with Gasteiger partial charge >= 0.3 is 0 Å². The molecule has 0 fully saturated rings. The van der Waals surface area contributed by atoms with Gasteiger partial charge in [0.2, 0.25) is 11.8 Å². The lowest BCUT2D eigenvalue weighted by molar-refractivity contribution is 0.0952. The zero-order valence-electron chi connectivity index (χ0n) is 15.7. The molecule has 1 aromatic carbocycles. The number of pyridine rings is 1. The fraction of sp³-hybridized carbons (Fsp3) is 0.211. The molecule has 0 saturated heterocycles. The second-order valence-electron chi connectivity index (χ2n) is 5.72. The highest BCUT2D eigenvalue weighted by Crippen LogP contribution is 2.28. The van der Waals surface area contributed by atoms with Crippen molar-refractivity contribution >= 4 is 11.8 Å². The van der Waals surface area contributed by atoms with Gasteiger partial charge in [0, 0.05) is 36.0 Å². The molecule has 146 valence electrons. The third-order valence-corrected chi connectivity index (χ3v) is 4.10. The number of hydrogen-bond donors (Lipinski definition) is 2. The first-order chi connectivity index (χ1) is 13.6. The van der Waals surface area contributed by atoms with Gasteiger partial charge in [0.05, 0.1) is 21.3 Å². The molecule has 9 heteroatoms. The number of rotatable bonds is 7. The van der Waals surface area contributed by atoms with E-state index < -0.39 is 5.91 Å². The van der Waals surface area contributed by atoms with Crippen molar-refractivity contribution in [2.75, 3.05) is 27.1 Å². The van der Waals surface area contributed by atoms with Crippen LogP contribution in [0.15, 0.2) is 41.1 Å². The molecule has 1 amide bonds. The quantitative estimate of drug-likeness (QED) is 0.636. The number of nitrogen functional groups attached to an aromatic ring is 1. The van der Waals surface area contributed by atoms with E-state index in [0.717, 1.165) is 5.56 Å². The van der Waals surface area contributed by atoms with Crippen LogP contribution in [-0.2, 0) is 6.54 Å². The summed E-state index contributed by atoms with van der Waals surface area (Å²) in [7, 11) is 4.63. The Morgan fingerprint density at radius 2 is 1.96 bits per heavy atom. The summed E-state index contributed by atoms with van der Waals surface area (Å²) >= 11 is 0. The third kappa shape index (κ3) is 3.83. The number of aromatic nitrogens is 2. The number of benzene rings is 1. The molecule has 0 unspecified atom stereocenters. The second-order valence-corrected chi connectivity index (χ2v) is 5.72. The maximum Gasteiger partial charge on any atom is 0.259 e. The summed E-state index contributed by atoms with van der Waals surface area (Å²) in [6, 6.07) is 8.70. The number of nitrogens with zero attached hydrogens (tertiary/aromatic N) is 2. The number of methoxy groups -OCH3 is 3. The molecule has 3 rings (SSSR count). The van der Waals surface area contributed by atoms with Crippen LogP contribution in [0.2, 0.25) is 0 Å². The molecular weight excluding hydrogens is 364 g/mol. The molecule has 0 aliphatic carbocycles. The van der Waals surface area contributed by atoms with Gasteiger partial charge in [-0.1, -0.05) is 5.16 Å². The lowest BCUT2D eigenvalue weighted by Crippen LogP contribution is -2.24. The Morgan fingerprint density at radius 3 is 2.61 bits per heavy atom. The molecular formula is C19H20N4O5.